The molecule has 1 atom stereocenters. The van der Waals surface area contributed by atoms with Gasteiger partial charge in [-0.05, 0) is 19.1 Å². The summed E-state index contributed by atoms with van der Waals surface area (Å²) in [6.45, 7) is 1.86. The number of aromatic nitrogens is 3. The first kappa shape index (κ1) is 24.0. The van der Waals surface area contributed by atoms with Crippen molar-refractivity contribution in [3.63, 3.8) is 0 Å². The number of hydrogen-bond acceptors (Lipinski definition) is 7. The number of benzene rings is 2. The molecule has 170 valence electrons. The Bertz CT molecular complexity index is 1110. The number of halogens is 2. The smallest absolute Gasteiger partial charge is 0.234 e. The summed E-state index contributed by atoms with van der Waals surface area (Å²) >= 11 is 13.5. The van der Waals surface area contributed by atoms with Crippen molar-refractivity contribution in [3.8, 4) is 17.2 Å². The Morgan fingerprint density at radius 1 is 1.09 bits per heavy atom. The fourth-order valence-corrected chi connectivity index (χ4v) is 3.99. The Labute approximate surface area is 200 Å². The first-order valence-corrected chi connectivity index (χ1v) is 11.2. The van der Waals surface area contributed by atoms with Gasteiger partial charge in [-0.3, -0.25) is 4.79 Å². The molecule has 1 unspecified atom stereocenters. The van der Waals surface area contributed by atoms with Gasteiger partial charge in [0.15, 0.2) is 17.1 Å². The quantitative estimate of drug-likeness (QED) is 0.416. The summed E-state index contributed by atoms with van der Waals surface area (Å²) in [5, 5.41) is 12.7. The zero-order valence-electron chi connectivity index (χ0n) is 17.9. The van der Waals surface area contributed by atoms with Gasteiger partial charge in [0.1, 0.15) is 17.2 Å². The molecule has 0 fully saturated rings. The molecule has 0 saturated heterocycles. The molecule has 1 aromatic heterocycles. The minimum atomic E-state index is -0.388. The summed E-state index contributed by atoms with van der Waals surface area (Å²) in [6.07, 6.45) is -0.388. The van der Waals surface area contributed by atoms with Gasteiger partial charge in [0, 0.05) is 19.2 Å². The monoisotopic (exact) mass is 496 g/mol. The predicted octanol–water partition coefficient (Wildman–Crippen LogP) is 5.01. The van der Waals surface area contributed by atoms with Crippen LogP contribution in [0.5, 0.6) is 17.2 Å². The molecule has 32 heavy (non-hydrogen) atoms. The molecule has 1 heterocycles. The third kappa shape index (κ3) is 5.59. The van der Waals surface area contributed by atoms with Crippen LogP contribution in [0.15, 0.2) is 41.6 Å². The average Bonchev–Trinajstić information content (AvgIpc) is 3.15. The van der Waals surface area contributed by atoms with E-state index in [1.807, 2.05) is 26.1 Å². The van der Waals surface area contributed by atoms with E-state index in [2.05, 4.69) is 15.5 Å². The molecule has 3 aromatic rings. The molecular weight excluding hydrogens is 475 g/mol. The zero-order valence-corrected chi connectivity index (χ0v) is 20.2. The van der Waals surface area contributed by atoms with Crippen molar-refractivity contribution in [1.29, 1.82) is 0 Å². The van der Waals surface area contributed by atoms with Crippen LogP contribution in [-0.4, -0.2) is 40.6 Å². The van der Waals surface area contributed by atoms with Crippen molar-refractivity contribution in [2.45, 2.75) is 18.2 Å². The second-order valence-corrected chi connectivity index (χ2v) is 8.37. The first-order valence-electron chi connectivity index (χ1n) is 9.48. The van der Waals surface area contributed by atoms with Gasteiger partial charge >= 0.3 is 0 Å². The van der Waals surface area contributed by atoms with E-state index in [-0.39, 0.29) is 17.8 Å². The van der Waals surface area contributed by atoms with E-state index in [1.54, 1.807) is 28.8 Å². The molecule has 0 saturated carbocycles. The molecule has 0 bridgehead atoms. The van der Waals surface area contributed by atoms with Gasteiger partial charge in [0.25, 0.3) is 0 Å². The third-order valence-corrected chi connectivity index (χ3v) is 6.08. The van der Waals surface area contributed by atoms with Gasteiger partial charge in [-0.25, -0.2) is 0 Å². The lowest BCUT2D eigenvalue weighted by molar-refractivity contribution is -0.113. The zero-order chi connectivity index (χ0) is 23.3. The molecule has 11 heteroatoms. The van der Waals surface area contributed by atoms with Crippen LogP contribution in [-0.2, 0) is 11.8 Å². The van der Waals surface area contributed by atoms with E-state index >= 15 is 0 Å². The van der Waals surface area contributed by atoms with Crippen molar-refractivity contribution < 1.29 is 19.0 Å². The summed E-state index contributed by atoms with van der Waals surface area (Å²) < 4.78 is 18.2. The minimum absolute atomic E-state index is 0.111. The number of nitrogens with one attached hydrogen (secondary N) is 1. The van der Waals surface area contributed by atoms with E-state index < -0.39 is 0 Å². The van der Waals surface area contributed by atoms with Gasteiger partial charge in [0.05, 0.1) is 35.7 Å². The number of hydrogen-bond donors (Lipinski definition) is 1. The Kier molecular flexibility index (Phi) is 8.11. The van der Waals surface area contributed by atoms with Crippen LogP contribution in [0.2, 0.25) is 10.0 Å². The molecule has 1 amide bonds. The summed E-state index contributed by atoms with van der Waals surface area (Å²) in [7, 11) is 4.81. The largest absolute Gasteiger partial charge is 0.495 e. The average molecular weight is 497 g/mol. The topological polar surface area (TPSA) is 87.5 Å². The van der Waals surface area contributed by atoms with E-state index in [4.69, 9.17) is 37.4 Å². The molecule has 0 aliphatic heterocycles. The highest BCUT2D eigenvalue weighted by Gasteiger charge is 2.19. The molecule has 2 aromatic carbocycles. The number of ether oxygens (including phenoxy) is 3. The van der Waals surface area contributed by atoms with Crippen LogP contribution in [0, 0.1) is 0 Å². The van der Waals surface area contributed by atoms with E-state index in [0.29, 0.717) is 44.0 Å². The summed E-state index contributed by atoms with van der Waals surface area (Å²) in [5.74, 6) is 1.89. The van der Waals surface area contributed by atoms with Crippen molar-refractivity contribution in [1.82, 2.24) is 14.8 Å². The van der Waals surface area contributed by atoms with Crippen LogP contribution in [0.1, 0.15) is 18.9 Å². The van der Waals surface area contributed by atoms with Crippen molar-refractivity contribution in [2.75, 3.05) is 25.3 Å². The van der Waals surface area contributed by atoms with Crippen molar-refractivity contribution in [3.05, 3.63) is 52.3 Å². The highest BCUT2D eigenvalue weighted by atomic mass is 35.5. The van der Waals surface area contributed by atoms with Crippen molar-refractivity contribution in [2.24, 2.45) is 7.05 Å². The highest BCUT2D eigenvalue weighted by molar-refractivity contribution is 7.99. The molecule has 0 aliphatic carbocycles. The van der Waals surface area contributed by atoms with Gasteiger partial charge in [-0.2, -0.15) is 0 Å². The maximum atomic E-state index is 12.5. The van der Waals surface area contributed by atoms with Crippen molar-refractivity contribution >= 4 is 46.6 Å². The second kappa shape index (κ2) is 10.8. The number of methoxy groups -OCH3 is 2. The predicted molar refractivity (Wildman–Crippen MR) is 125 cm³/mol. The number of thioether (sulfide) groups is 1. The molecular formula is C21H22Cl2N4O4S. The van der Waals surface area contributed by atoms with E-state index in [9.17, 15) is 4.79 Å². The Morgan fingerprint density at radius 3 is 2.50 bits per heavy atom. The number of amides is 1. The SMILES string of the molecule is COc1cc(NC(=O)CSc2nnc(C(C)Oc3ccccc3Cl)n2C)c(OC)cc1Cl. The first-order chi connectivity index (χ1) is 15.3. The van der Waals surface area contributed by atoms with E-state index in [0.717, 1.165) is 0 Å². The molecule has 1 N–H and O–H groups in total. The normalized spacial score (nSPS) is 11.7. The third-order valence-electron chi connectivity index (χ3n) is 4.45. The fraction of sp³-hybridized carbons (Fsp3) is 0.286. The lowest BCUT2D eigenvalue weighted by atomic mass is 10.2. The second-order valence-electron chi connectivity index (χ2n) is 6.61. The standard InChI is InChI=1S/C21H22Cl2N4O4S/c1-12(31-16-8-6-5-7-13(16)22)20-25-26-21(27(20)2)32-11-19(28)24-15-10-17(29-3)14(23)9-18(15)30-4/h5-10,12H,11H2,1-4H3,(H,24,28). The fourth-order valence-electron chi connectivity index (χ4n) is 2.86. The maximum absolute atomic E-state index is 12.5. The molecule has 0 aliphatic rings. The lowest BCUT2D eigenvalue weighted by Gasteiger charge is -2.15. The molecule has 0 radical (unpaired) electrons. The number of nitrogens with zero attached hydrogens (tertiary/aromatic N) is 3. The summed E-state index contributed by atoms with van der Waals surface area (Å²) in [5.41, 5.74) is 0.458. The Morgan fingerprint density at radius 2 is 1.81 bits per heavy atom. The van der Waals surface area contributed by atoms with Gasteiger partial charge in [-0.1, -0.05) is 47.1 Å². The number of carbonyl (C=O) groups is 1. The number of anilines is 1. The van der Waals surface area contributed by atoms with Crippen LogP contribution in [0.25, 0.3) is 0 Å². The lowest BCUT2D eigenvalue weighted by Crippen LogP contribution is -2.15. The number of para-hydroxylation sites is 1. The van der Waals surface area contributed by atoms with Crippen LogP contribution >= 0.6 is 35.0 Å². The Hall–Kier alpha value is -2.62. The van der Waals surface area contributed by atoms with Crippen LogP contribution in [0.3, 0.4) is 0 Å². The Balaban J connectivity index is 1.64. The molecule has 0 spiro atoms. The van der Waals surface area contributed by atoms with Gasteiger partial charge < -0.3 is 24.1 Å². The maximum Gasteiger partial charge on any atom is 0.234 e. The highest BCUT2D eigenvalue weighted by Crippen LogP contribution is 2.36. The van der Waals surface area contributed by atoms with Gasteiger partial charge in [-0.15, -0.1) is 10.2 Å². The van der Waals surface area contributed by atoms with E-state index in [1.165, 1.54) is 26.0 Å². The van der Waals surface area contributed by atoms with Crippen LogP contribution < -0.4 is 19.5 Å². The molecule has 8 nitrogen and oxygen atoms in total. The number of carbonyl (C=O) groups excluding carboxylic acids is 1. The van der Waals surface area contributed by atoms with Gasteiger partial charge in [0.2, 0.25) is 5.91 Å². The number of rotatable bonds is 9. The summed E-state index contributed by atoms with van der Waals surface area (Å²) in [6, 6.07) is 10.4. The molecule has 3 rings (SSSR count). The van der Waals surface area contributed by atoms with Crippen LogP contribution in [0.4, 0.5) is 5.69 Å². The minimum Gasteiger partial charge on any atom is -0.495 e. The summed E-state index contributed by atoms with van der Waals surface area (Å²) in [4.78, 5) is 12.5.